The molecule has 14 heavy (non-hydrogen) atoms. The Balaban J connectivity index is 0. The van der Waals surface area contributed by atoms with Crippen molar-refractivity contribution in [1.82, 2.24) is 0 Å². The maximum atomic E-state index is 10.1. The van der Waals surface area contributed by atoms with Crippen LogP contribution in [0.1, 0.15) is 47.0 Å². The average Bonchev–Trinajstić information content (AvgIpc) is 2.05. The smallest absolute Gasteiger partial charge is 0.120 e. The first kappa shape index (κ1) is 15.8. The van der Waals surface area contributed by atoms with Crippen LogP contribution in [-0.2, 0) is 4.79 Å². The van der Waals surface area contributed by atoms with Crippen molar-refractivity contribution in [1.29, 1.82) is 0 Å². The van der Waals surface area contributed by atoms with Gasteiger partial charge in [-0.25, -0.2) is 0 Å². The Morgan fingerprint density at radius 2 is 1.93 bits per heavy atom. The minimum atomic E-state index is 0.250. The van der Waals surface area contributed by atoms with Gasteiger partial charge in [-0.1, -0.05) is 18.6 Å². The summed E-state index contributed by atoms with van der Waals surface area (Å²) in [5.41, 5.74) is 1.36. The van der Waals surface area contributed by atoms with Crippen LogP contribution in [0.5, 0.6) is 0 Å². The van der Waals surface area contributed by atoms with Gasteiger partial charge in [0.25, 0.3) is 0 Å². The Hall–Kier alpha value is -0.630. The predicted molar refractivity (Wildman–Crippen MR) is 61.3 cm³/mol. The minimum Gasteiger partial charge on any atom is -0.397 e. The molecule has 0 aliphatic carbocycles. The van der Waals surface area contributed by atoms with Crippen LogP contribution in [0.15, 0.2) is 11.6 Å². The zero-order valence-electron chi connectivity index (χ0n) is 9.92. The topological polar surface area (TPSA) is 37.3 Å². The van der Waals surface area contributed by atoms with E-state index in [0.717, 1.165) is 19.1 Å². The summed E-state index contributed by atoms with van der Waals surface area (Å²) >= 11 is 0. The highest BCUT2D eigenvalue weighted by molar-refractivity contribution is 5.49. The number of rotatable bonds is 5. The summed E-state index contributed by atoms with van der Waals surface area (Å²) in [6.45, 7) is 8.25. The first-order valence-corrected chi connectivity index (χ1v) is 5.26. The minimum absolute atomic E-state index is 0.250. The van der Waals surface area contributed by atoms with E-state index >= 15 is 0 Å². The molecule has 1 N–H and O–H groups in total. The van der Waals surface area contributed by atoms with Gasteiger partial charge in [-0.15, -0.1) is 0 Å². The quantitative estimate of drug-likeness (QED) is 0.547. The summed E-state index contributed by atoms with van der Waals surface area (Å²) in [5, 5.41) is 7.57. The van der Waals surface area contributed by atoms with E-state index < -0.39 is 0 Å². The number of aliphatic hydroxyl groups excluding tert-OH is 1. The molecule has 2 nitrogen and oxygen atoms in total. The molecule has 0 amide bonds. The molecule has 0 aromatic rings. The molecule has 0 aromatic heterocycles. The molecule has 1 unspecified atom stereocenters. The summed E-state index contributed by atoms with van der Waals surface area (Å²) in [5.74, 6) is 0.545. The molecule has 0 saturated heterocycles. The second-order valence-electron chi connectivity index (χ2n) is 3.68. The lowest BCUT2D eigenvalue weighted by molar-refractivity contribution is -0.108. The molecule has 0 aliphatic rings. The van der Waals surface area contributed by atoms with E-state index in [9.17, 15) is 4.79 Å². The third-order valence-corrected chi connectivity index (χ3v) is 1.71. The zero-order valence-corrected chi connectivity index (χ0v) is 9.92. The van der Waals surface area contributed by atoms with E-state index in [1.54, 1.807) is 6.92 Å². The molecule has 0 radical (unpaired) electrons. The van der Waals surface area contributed by atoms with Gasteiger partial charge in [-0.2, -0.15) is 0 Å². The average molecular weight is 200 g/mol. The normalized spacial score (nSPS) is 10.9. The molecule has 0 aliphatic heterocycles. The van der Waals surface area contributed by atoms with Crippen LogP contribution in [0.3, 0.4) is 0 Å². The molecule has 0 bridgehead atoms. The number of carbonyl (C=O) groups is 1. The first-order valence-electron chi connectivity index (χ1n) is 5.26. The van der Waals surface area contributed by atoms with Crippen LogP contribution < -0.4 is 0 Å². The van der Waals surface area contributed by atoms with E-state index in [1.807, 2.05) is 0 Å². The fourth-order valence-corrected chi connectivity index (χ4v) is 0.939. The molecule has 0 aromatic carbocycles. The van der Waals surface area contributed by atoms with Crippen LogP contribution in [0, 0.1) is 5.92 Å². The highest BCUT2D eigenvalue weighted by Crippen LogP contribution is 2.09. The van der Waals surface area contributed by atoms with Crippen LogP contribution in [0.4, 0.5) is 0 Å². The molecule has 0 heterocycles. The molecule has 84 valence electrons. The summed E-state index contributed by atoms with van der Waals surface area (Å²) in [6, 6.07) is 0. The van der Waals surface area contributed by atoms with Gasteiger partial charge in [0.05, 0.1) is 0 Å². The monoisotopic (exact) mass is 200 g/mol. The molecule has 0 rings (SSSR count). The van der Waals surface area contributed by atoms with Gasteiger partial charge >= 0.3 is 0 Å². The summed E-state index contributed by atoms with van der Waals surface area (Å²) < 4.78 is 0. The number of carbonyl (C=O) groups excluding carboxylic acids is 1. The van der Waals surface area contributed by atoms with Gasteiger partial charge in [0.2, 0.25) is 0 Å². The number of aldehydes is 1. The lowest BCUT2D eigenvalue weighted by atomic mass is 10.0. The second-order valence-corrected chi connectivity index (χ2v) is 3.68. The third-order valence-electron chi connectivity index (χ3n) is 1.71. The van der Waals surface area contributed by atoms with Gasteiger partial charge in [-0.3, -0.25) is 0 Å². The van der Waals surface area contributed by atoms with Crippen LogP contribution in [0.25, 0.3) is 0 Å². The molecule has 0 fully saturated rings. The van der Waals surface area contributed by atoms with E-state index in [4.69, 9.17) is 5.11 Å². The van der Waals surface area contributed by atoms with E-state index in [1.165, 1.54) is 5.57 Å². The zero-order chi connectivity index (χ0) is 11.4. The predicted octanol–water partition coefficient (Wildman–Crippen LogP) is 2.96. The molecule has 2 heteroatoms. The van der Waals surface area contributed by atoms with E-state index in [2.05, 4.69) is 26.8 Å². The van der Waals surface area contributed by atoms with Crippen molar-refractivity contribution in [2.24, 2.45) is 5.92 Å². The lowest BCUT2D eigenvalue weighted by Crippen LogP contribution is -1.93. The van der Waals surface area contributed by atoms with Crippen molar-refractivity contribution in [3.8, 4) is 0 Å². The van der Waals surface area contributed by atoms with Gasteiger partial charge < -0.3 is 9.90 Å². The number of hydrogen-bond acceptors (Lipinski definition) is 2. The van der Waals surface area contributed by atoms with Crippen LogP contribution >= 0.6 is 0 Å². The Morgan fingerprint density at radius 1 is 1.43 bits per heavy atom. The summed E-state index contributed by atoms with van der Waals surface area (Å²) in [6.07, 6.45) is 6.17. The van der Waals surface area contributed by atoms with Gasteiger partial charge in [0.15, 0.2) is 0 Å². The largest absolute Gasteiger partial charge is 0.397 e. The van der Waals surface area contributed by atoms with E-state index in [-0.39, 0.29) is 6.61 Å². The highest BCUT2D eigenvalue weighted by atomic mass is 16.2. The maximum absolute atomic E-state index is 10.1. The summed E-state index contributed by atoms with van der Waals surface area (Å²) in [7, 11) is 0. The van der Waals surface area contributed by atoms with Gasteiger partial charge in [0.1, 0.15) is 6.29 Å². The second kappa shape index (κ2) is 12.4. The Bertz CT molecular complexity index is 146. The lowest BCUT2D eigenvalue weighted by Gasteiger charge is -2.03. The Labute approximate surface area is 88.0 Å². The summed E-state index contributed by atoms with van der Waals surface area (Å²) in [4.78, 5) is 10.1. The van der Waals surface area contributed by atoms with Crippen LogP contribution in [-0.4, -0.2) is 18.0 Å². The van der Waals surface area contributed by atoms with Gasteiger partial charge in [-0.05, 0) is 39.5 Å². The molecular formula is C12H24O2. The maximum Gasteiger partial charge on any atom is 0.120 e. The number of aliphatic hydroxyl groups is 1. The van der Waals surface area contributed by atoms with Crippen molar-refractivity contribution >= 4 is 6.29 Å². The number of hydrogen-bond donors (Lipinski definition) is 1. The van der Waals surface area contributed by atoms with Crippen molar-refractivity contribution in [2.75, 3.05) is 6.61 Å². The first-order chi connectivity index (χ1) is 6.58. The highest BCUT2D eigenvalue weighted by Gasteiger charge is 1.98. The van der Waals surface area contributed by atoms with Crippen molar-refractivity contribution in [3.05, 3.63) is 11.6 Å². The molecule has 1 atom stereocenters. The van der Waals surface area contributed by atoms with Crippen LogP contribution in [0.2, 0.25) is 0 Å². The fourth-order valence-electron chi connectivity index (χ4n) is 0.939. The van der Waals surface area contributed by atoms with Gasteiger partial charge in [0, 0.05) is 13.0 Å². The molecule has 0 saturated carbocycles. The Morgan fingerprint density at radius 3 is 2.29 bits per heavy atom. The third kappa shape index (κ3) is 17.5. The van der Waals surface area contributed by atoms with Crippen molar-refractivity contribution in [2.45, 2.75) is 47.0 Å². The molecular weight excluding hydrogens is 176 g/mol. The SMILES string of the molecule is CC(C)=CCCC(C)CC=O.CCO. The standard InChI is InChI=1S/C10H18O.C2H6O/c1-9(2)5-4-6-10(3)7-8-11;1-2-3/h5,8,10H,4,6-7H2,1-3H3;3H,2H2,1H3. The van der Waals surface area contributed by atoms with Crippen molar-refractivity contribution in [3.63, 3.8) is 0 Å². The fraction of sp³-hybridized carbons (Fsp3) is 0.750. The van der Waals surface area contributed by atoms with E-state index in [0.29, 0.717) is 12.3 Å². The Kier molecular flexibility index (Phi) is 14.0. The number of allylic oxidation sites excluding steroid dienone is 2. The molecule has 0 spiro atoms. The van der Waals surface area contributed by atoms with Crippen molar-refractivity contribution < 1.29 is 9.90 Å².